The van der Waals surface area contributed by atoms with Crippen LogP contribution in [0.5, 0.6) is 0 Å². The second-order valence-corrected chi connectivity index (χ2v) is 6.32. The molecular formula is C15H18ClF3N2. The Kier molecular flexibility index (Phi) is 3.82. The van der Waals surface area contributed by atoms with Crippen molar-refractivity contribution >= 4 is 17.3 Å². The highest BCUT2D eigenvalue weighted by molar-refractivity contribution is 6.31. The van der Waals surface area contributed by atoms with Gasteiger partial charge in [0, 0.05) is 23.8 Å². The number of hydrogen-bond acceptors (Lipinski definition) is 2. The van der Waals surface area contributed by atoms with Crippen molar-refractivity contribution in [2.24, 2.45) is 0 Å². The average Bonchev–Trinajstić information content (AvgIpc) is 2.69. The number of nitrogens with one attached hydrogen (secondary N) is 1. The molecule has 2 aliphatic heterocycles. The molecule has 0 spiro atoms. The lowest BCUT2D eigenvalue weighted by atomic mass is 9.96. The molecule has 3 rings (SSSR count). The molecular weight excluding hydrogens is 301 g/mol. The fraction of sp³-hybridized carbons (Fsp3) is 0.600. The Hall–Kier alpha value is -0.940. The van der Waals surface area contributed by atoms with Crippen molar-refractivity contribution in [1.29, 1.82) is 0 Å². The van der Waals surface area contributed by atoms with Crippen molar-refractivity contribution in [2.75, 3.05) is 11.9 Å². The van der Waals surface area contributed by atoms with E-state index < -0.39 is 11.7 Å². The number of fused-ring (bicyclic) bond motifs is 2. The molecule has 2 heterocycles. The van der Waals surface area contributed by atoms with Gasteiger partial charge in [-0.05, 0) is 50.9 Å². The molecule has 116 valence electrons. The summed E-state index contributed by atoms with van der Waals surface area (Å²) < 4.78 is 39.0. The highest BCUT2D eigenvalue weighted by Gasteiger charge is 2.41. The van der Waals surface area contributed by atoms with E-state index in [0.717, 1.165) is 25.7 Å². The number of piperidine rings is 1. The first-order valence-electron chi connectivity index (χ1n) is 7.22. The summed E-state index contributed by atoms with van der Waals surface area (Å²) in [5, 5.41) is 3.06. The van der Waals surface area contributed by atoms with Gasteiger partial charge in [-0.15, -0.1) is 0 Å². The molecule has 1 N–H and O–H groups in total. The first-order valence-corrected chi connectivity index (χ1v) is 7.60. The van der Waals surface area contributed by atoms with Crippen LogP contribution in [0.25, 0.3) is 0 Å². The van der Waals surface area contributed by atoms with Gasteiger partial charge in [0.1, 0.15) is 0 Å². The number of rotatable bonds is 2. The van der Waals surface area contributed by atoms with E-state index in [2.05, 4.69) is 10.2 Å². The average molecular weight is 319 g/mol. The van der Waals surface area contributed by atoms with Crippen LogP contribution < -0.4 is 10.2 Å². The molecule has 0 radical (unpaired) electrons. The third-order valence-electron chi connectivity index (χ3n) is 4.69. The molecule has 2 fully saturated rings. The largest absolute Gasteiger partial charge is 0.417 e. The molecule has 2 saturated heterocycles. The van der Waals surface area contributed by atoms with Gasteiger partial charge in [0.25, 0.3) is 0 Å². The smallest absolute Gasteiger partial charge is 0.365 e. The van der Waals surface area contributed by atoms with Gasteiger partial charge in [-0.25, -0.2) is 0 Å². The monoisotopic (exact) mass is 318 g/mol. The lowest BCUT2D eigenvalue weighted by Gasteiger charge is -2.40. The van der Waals surface area contributed by atoms with Crippen LogP contribution in [0.3, 0.4) is 0 Å². The van der Waals surface area contributed by atoms with Crippen LogP contribution in [0, 0.1) is 0 Å². The minimum Gasteiger partial charge on any atom is -0.365 e. The Morgan fingerprint density at radius 3 is 2.33 bits per heavy atom. The lowest BCUT2D eigenvalue weighted by molar-refractivity contribution is -0.137. The van der Waals surface area contributed by atoms with Crippen molar-refractivity contribution in [3.05, 3.63) is 28.8 Å². The van der Waals surface area contributed by atoms with Crippen LogP contribution in [0.2, 0.25) is 5.02 Å². The third kappa shape index (κ3) is 2.73. The van der Waals surface area contributed by atoms with Crippen molar-refractivity contribution < 1.29 is 13.2 Å². The molecule has 0 aliphatic carbocycles. The molecule has 2 unspecified atom stereocenters. The van der Waals surface area contributed by atoms with Gasteiger partial charge in [-0.2, -0.15) is 13.2 Å². The Labute approximate surface area is 127 Å². The Morgan fingerprint density at radius 2 is 1.81 bits per heavy atom. The van der Waals surface area contributed by atoms with Crippen molar-refractivity contribution in [1.82, 2.24) is 5.32 Å². The van der Waals surface area contributed by atoms with Crippen LogP contribution in [-0.2, 0) is 6.18 Å². The summed E-state index contributed by atoms with van der Waals surface area (Å²) in [4.78, 5) is 2.17. The Morgan fingerprint density at radius 1 is 1.19 bits per heavy atom. The summed E-state index contributed by atoms with van der Waals surface area (Å²) in [6.45, 7) is 0. The molecule has 0 amide bonds. The van der Waals surface area contributed by atoms with Gasteiger partial charge < -0.3 is 10.2 Å². The van der Waals surface area contributed by atoms with Gasteiger partial charge in [0.05, 0.1) is 10.6 Å². The molecule has 1 aromatic rings. The summed E-state index contributed by atoms with van der Waals surface area (Å²) in [6, 6.07) is 5.39. The fourth-order valence-corrected chi connectivity index (χ4v) is 3.95. The third-order valence-corrected chi connectivity index (χ3v) is 5.02. The molecule has 1 aromatic carbocycles. The van der Waals surface area contributed by atoms with Crippen molar-refractivity contribution in [2.45, 2.75) is 50.0 Å². The van der Waals surface area contributed by atoms with E-state index >= 15 is 0 Å². The Balaban J connectivity index is 1.92. The maximum absolute atomic E-state index is 13.0. The van der Waals surface area contributed by atoms with Crippen LogP contribution in [0.1, 0.15) is 31.2 Å². The number of benzene rings is 1. The van der Waals surface area contributed by atoms with E-state index in [1.807, 2.05) is 7.05 Å². The number of alkyl halides is 3. The minimum absolute atomic E-state index is 0.233. The van der Waals surface area contributed by atoms with Gasteiger partial charge in [-0.3, -0.25) is 0 Å². The zero-order chi connectivity index (χ0) is 15.2. The summed E-state index contributed by atoms with van der Waals surface area (Å²) in [5.74, 6) is 0. The van der Waals surface area contributed by atoms with E-state index in [4.69, 9.17) is 11.6 Å². The lowest BCUT2D eigenvalue weighted by Crippen LogP contribution is -2.48. The maximum Gasteiger partial charge on any atom is 0.417 e. The second kappa shape index (κ2) is 5.36. The number of nitrogens with zero attached hydrogens (tertiary/aromatic N) is 1. The Bertz CT molecular complexity index is 518. The zero-order valence-corrected chi connectivity index (χ0v) is 12.5. The van der Waals surface area contributed by atoms with Crippen LogP contribution >= 0.6 is 11.6 Å². The molecule has 2 nitrogen and oxygen atoms in total. The molecule has 0 saturated carbocycles. The predicted molar refractivity (Wildman–Crippen MR) is 77.8 cm³/mol. The van der Waals surface area contributed by atoms with Crippen LogP contribution in [0.4, 0.5) is 18.9 Å². The van der Waals surface area contributed by atoms with E-state index in [0.29, 0.717) is 23.8 Å². The molecule has 2 aliphatic rings. The first-order chi connectivity index (χ1) is 9.90. The number of hydrogen-bond donors (Lipinski definition) is 1. The van der Waals surface area contributed by atoms with Crippen molar-refractivity contribution in [3.63, 3.8) is 0 Å². The van der Waals surface area contributed by atoms with Crippen molar-refractivity contribution in [3.8, 4) is 0 Å². The van der Waals surface area contributed by atoms with Gasteiger partial charge in [0.2, 0.25) is 0 Å². The topological polar surface area (TPSA) is 15.3 Å². The summed E-state index contributed by atoms with van der Waals surface area (Å²) in [7, 11) is 1.95. The minimum atomic E-state index is -4.41. The van der Waals surface area contributed by atoms with Gasteiger partial charge in [-0.1, -0.05) is 11.6 Å². The molecule has 21 heavy (non-hydrogen) atoms. The van der Waals surface area contributed by atoms with Gasteiger partial charge >= 0.3 is 6.18 Å². The molecule has 0 aromatic heterocycles. The second-order valence-electron chi connectivity index (χ2n) is 5.91. The quantitative estimate of drug-likeness (QED) is 0.884. The SMILES string of the molecule is CNC1CC2CCC(C1)N2c1ccc(Cl)c(C(F)(F)F)c1. The van der Waals surface area contributed by atoms with Crippen LogP contribution in [0.15, 0.2) is 18.2 Å². The molecule has 2 bridgehead atoms. The first kappa shape index (κ1) is 15.0. The number of halogens is 4. The standard InChI is InChI=1S/C15H18ClF3N2/c1-20-9-6-10-2-3-11(7-9)21(10)12-4-5-14(16)13(8-12)15(17,18)19/h4-5,8-11,20H,2-3,6-7H2,1H3. The summed E-state index contributed by atoms with van der Waals surface area (Å²) in [6.07, 6.45) is -0.344. The van der Waals surface area contributed by atoms with E-state index in [-0.39, 0.29) is 5.02 Å². The van der Waals surface area contributed by atoms with Gasteiger partial charge in [0.15, 0.2) is 0 Å². The maximum atomic E-state index is 13.0. The van der Waals surface area contributed by atoms with E-state index in [9.17, 15) is 13.2 Å². The van der Waals surface area contributed by atoms with E-state index in [1.54, 1.807) is 6.07 Å². The molecule has 2 atom stereocenters. The zero-order valence-electron chi connectivity index (χ0n) is 11.8. The summed E-state index contributed by atoms with van der Waals surface area (Å²) in [5.41, 5.74) is -0.0921. The molecule has 6 heteroatoms. The van der Waals surface area contributed by atoms with Crippen LogP contribution in [-0.4, -0.2) is 25.2 Å². The predicted octanol–water partition coefficient (Wildman–Crippen LogP) is 4.08. The van der Waals surface area contributed by atoms with E-state index in [1.165, 1.54) is 12.1 Å². The highest BCUT2D eigenvalue weighted by atomic mass is 35.5. The number of anilines is 1. The fourth-order valence-electron chi connectivity index (χ4n) is 3.73. The summed E-state index contributed by atoms with van der Waals surface area (Å²) >= 11 is 5.71. The highest BCUT2D eigenvalue weighted by Crippen LogP contribution is 2.42. The normalized spacial score (nSPS) is 29.0.